The third kappa shape index (κ3) is 3.01. The van der Waals surface area contributed by atoms with E-state index in [1.54, 1.807) is 37.3 Å². The molecule has 2 rings (SSSR count). The highest BCUT2D eigenvalue weighted by Crippen LogP contribution is 2.40. The zero-order valence-corrected chi connectivity index (χ0v) is 11.3. The Morgan fingerprint density at radius 2 is 1.90 bits per heavy atom. The summed E-state index contributed by atoms with van der Waals surface area (Å²) in [5.41, 5.74) is 0.809. The normalized spacial score (nSPS) is 11.4. The van der Waals surface area contributed by atoms with Crippen molar-refractivity contribution in [1.82, 2.24) is 0 Å². The van der Waals surface area contributed by atoms with Gasteiger partial charge in [0.15, 0.2) is 0 Å². The summed E-state index contributed by atoms with van der Waals surface area (Å²) in [7, 11) is 0. The zero-order chi connectivity index (χ0) is 14.8. The first-order valence-electron chi connectivity index (χ1n) is 5.87. The molecule has 0 amide bonds. The summed E-state index contributed by atoms with van der Waals surface area (Å²) < 4.78 is 43.2. The lowest BCUT2D eigenvalue weighted by atomic mass is 10.1. The van der Waals surface area contributed by atoms with Crippen molar-refractivity contribution in [1.29, 1.82) is 0 Å². The van der Waals surface area contributed by atoms with Gasteiger partial charge in [0, 0.05) is 5.56 Å². The summed E-state index contributed by atoms with van der Waals surface area (Å²) in [5, 5.41) is 0. The molecule has 2 nitrogen and oxygen atoms in total. The molecule has 1 aromatic heterocycles. The Bertz CT molecular complexity index is 603. The highest BCUT2D eigenvalue weighted by molar-refractivity contribution is 7.14. The summed E-state index contributed by atoms with van der Waals surface area (Å²) in [6.45, 7) is 1.73. The number of hydrogen-bond donors (Lipinski definition) is 0. The molecular weight excluding hydrogens is 289 g/mol. The molecule has 106 valence electrons. The van der Waals surface area contributed by atoms with Crippen LogP contribution in [-0.4, -0.2) is 12.6 Å². The van der Waals surface area contributed by atoms with Gasteiger partial charge >= 0.3 is 12.1 Å². The van der Waals surface area contributed by atoms with Crippen LogP contribution >= 0.6 is 11.3 Å². The van der Waals surface area contributed by atoms with Crippen LogP contribution in [0.5, 0.6) is 0 Å². The molecule has 0 fully saturated rings. The lowest BCUT2D eigenvalue weighted by molar-refractivity contribution is -0.134. The second kappa shape index (κ2) is 5.66. The number of carbonyl (C=O) groups excluding carboxylic acids is 1. The molecule has 0 atom stereocenters. The van der Waals surface area contributed by atoms with E-state index in [9.17, 15) is 18.0 Å². The van der Waals surface area contributed by atoms with Crippen LogP contribution in [0.25, 0.3) is 11.1 Å². The van der Waals surface area contributed by atoms with E-state index in [2.05, 4.69) is 0 Å². The van der Waals surface area contributed by atoms with E-state index < -0.39 is 17.0 Å². The van der Waals surface area contributed by atoms with Gasteiger partial charge in [-0.15, -0.1) is 11.3 Å². The molecule has 1 heterocycles. The van der Waals surface area contributed by atoms with Crippen molar-refractivity contribution in [3.05, 3.63) is 46.2 Å². The maximum atomic E-state index is 12.8. The molecular formula is C14H11F3O2S. The SMILES string of the molecule is CCOC(=O)c1sc(C(F)(F)F)cc1-c1ccccc1. The fraction of sp³-hybridized carbons (Fsp3) is 0.214. The van der Waals surface area contributed by atoms with Gasteiger partial charge < -0.3 is 4.74 Å². The van der Waals surface area contributed by atoms with Gasteiger partial charge in [0.25, 0.3) is 0 Å². The average Bonchev–Trinajstić information content (AvgIpc) is 2.85. The van der Waals surface area contributed by atoms with Crippen LogP contribution in [0.3, 0.4) is 0 Å². The van der Waals surface area contributed by atoms with Crippen LogP contribution < -0.4 is 0 Å². The Morgan fingerprint density at radius 1 is 1.25 bits per heavy atom. The van der Waals surface area contributed by atoms with Gasteiger partial charge in [-0.2, -0.15) is 13.2 Å². The van der Waals surface area contributed by atoms with E-state index in [1.165, 1.54) is 0 Å². The lowest BCUT2D eigenvalue weighted by Crippen LogP contribution is -2.03. The lowest BCUT2D eigenvalue weighted by Gasteiger charge is -2.03. The van der Waals surface area contributed by atoms with Crippen molar-refractivity contribution in [3.63, 3.8) is 0 Å². The zero-order valence-electron chi connectivity index (χ0n) is 10.5. The molecule has 0 aliphatic heterocycles. The van der Waals surface area contributed by atoms with Gasteiger partial charge in [0.05, 0.1) is 6.61 Å². The standard InChI is InChI=1S/C14H11F3O2S/c1-2-19-13(18)12-10(9-6-4-3-5-7-9)8-11(20-12)14(15,16)17/h3-8H,2H2,1H3. The average molecular weight is 300 g/mol. The second-order valence-corrected chi connectivity index (χ2v) is 4.99. The van der Waals surface area contributed by atoms with Crippen molar-refractivity contribution >= 4 is 17.3 Å². The van der Waals surface area contributed by atoms with Gasteiger partial charge in [-0.05, 0) is 18.6 Å². The first kappa shape index (κ1) is 14.6. The fourth-order valence-electron chi connectivity index (χ4n) is 1.71. The quantitative estimate of drug-likeness (QED) is 0.774. The van der Waals surface area contributed by atoms with E-state index in [0.29, 0.717) is 16.9 Å². The number of rotatable bonds is 3. The van der Waals surface area contributed by atoms with Crippen molar-refractivity contribution in [2.45, 2.75) is 13.1 Å². The fourth-order valence-corrected chi connectivity index (χ4v) is 2.65. The molecule has 0 N–H and O–H groups in total. The first-order valence-corrected chi connectivity index (χ1v) is 6.68. The van der Waals surface area contributed by atoms with Crippen molar-refractivity contribution in [2.75, 3.05) is 6.61 Å². The molecule has 0 aliphatic carbocycles. The number of alkyl halides is 3. The second-order valence-electron chi connectivity index (χ2n) is 3.94. The Kier molecular flexibility index (Phi) is 4.13. The van der Waals surface area contributed by atoms with Gasteiger partial charge in [0.1, 0.15) is 9.75 Å². The Hall–Kier alpha value is -1.82. The van der Waals surface area contributed by atoms with Crippen LogP contribution in [0.15, 0.2) is 36.4 Å². The molecule has 0 spiro atoms. The molecule has 0 radical (unpaired) electrons. The third-order valence-electron chi connectivity index (χ3n) is 2.56. The van der Waals surface area contributed by atoms with Crippen LogP contribution in [-0.2, 0) is 10.9 Å². The summed E-state index contributed by atoms with van der Waals surface area (Å²) in [6.07, 6.45) is -4.47. The topological polar surface area (TPSA) is 26.3 Å². The molecule has 0 aliphatic rings. The van der Waals surface area contributed by atoms with Gasteiger partial charge in [-0.3, -0.25) is 0 Å². The van der Waals surface area contributed by atoms with E-state index in [0.717, 1.165) is 6.07 Å². The smallest absolute Gasteiger partial charge is 0.425 e. The number of ether oxygens (including phenoxy) is 1. The molecule has 0 saturated heterocycles. The maximum Gasteiger partial charge on any atom is 0.425 e. The number of thiophene rings is 1. The van der Waals surface area contributed by atoms with Crippen molar-refractivity contribution < 1.29 is 22.7 Å². The van der Waals surface area contributed by atoms with Crippen LogP contribution in [0, 0.1) is 0 Å². The number of benzene rings is 1. The summed E-state index contributed by atoms with van der Waals surface area (Å²) in [6, 6.07) is 9.47. The number of halogens is 3. The first-order chi connectivity index (χ1) is 9.43. The molecule has 0 saturated carbocycles. The molecule has 2 aromatic rings. The van der Waals surface area contributed by atoms with E-state index in [1.807, 2.05) is 0 Å². The van der Waals surface area contributed by atoms with Crippen LogP contribution in [0.1, 0.15) is 21.5 Å². The largest absolute Gasteiger partial charge is 0.462 e. The number of hydrogen-bond acceptors (Lipinski definition) is 3. The van der Waals surface area contributed by atoms with Crippen LogP contribution in [0.4, 0.5) is 13.2 Å². The monoisotopic (exact) mass is 300 g/mol. The summed E-state index contributed by atoms with van der Waals surface area (Å²) in [4.78, 5) is 11.0. The minimum Gasteiger partial charge on any atom is -0.462 e. The Morgan fingerprint density at radius 3 is 2.45 bits per heavy atom. The number of esters is 1. The van der Waals surface area contributed by atoms with E-state index in [-0.39, 0.29) is 17.0 Å². The Balaban J connectivity index is 2.54. The molecule has 1 aromatic carbocycles. The maximum absolute atomic E-state index is 12.8. The predicted molar refractivity (Wildman–Crippen MR) is 70.7 cm³/mol. The van der Waals surface area contributed by atoms with Gasteiger partial charge in [0.2, 0.25) is 0 Å². The van der Waals surface area contributed by atoms with E-state index in [4.69, 9.17) is 4.74 Å². The highest BCUT2D eigenvalue weighted by Gasteiger charge is 2.35. The number of carbonyl (C=O) groups is 1. The molecule has 6 heteroatoms. The summed E-state index contributed by atoms with van der Waals surface area (Å²) >= 11 is 0.410. The molecule has 0 unspecified atom stereocenters. The van der Waals surface area contributed by atoms with Crippen molar-refractivity contribution in [2.24, 2.45) is 0 Å². The molecule has 20 heavy (non-hydrogen) atoms. The molecule has 0 bridgehead atoms. The highest BCUT2D eigenvalue weighted by atomic mass is 32.1. The minimum atomic E-state index is -4.47. The van der Waals surface area contributed by atoms with E-state index >= 15 is 0 Å². The summed E-state index contributed by atoms with van der Waals surface area (Å²) in [5.74, 6) is -0.730. The predicted octanol–water partition coefficient (Wildman–Crippen LogP) is 4.61. The van der Waals surface area contributed by atoms with Crippen LogP contribution in [0.2, 0.25) is 0 Å². The third-order valence-corrected chi connectivity index (χ3v) is 3.72. The van der Waals surface area contributed by atoms with Gasteiger partial charge in [-0.1, -0.05) is 30.3 Å². The minimum absolute atomic E-state index is 0.0228. The Labute approximate surface area is 117 Å². The van der Waals surface area contributed by atoms with Crippen molar-refractivity contribution in [3.8, 4) is 11.1 Å². The van der Waals surface area contributed by atoms with Gasteiger partial charge in [-0.25, -0.2) is 4.79 Å².